The molecule has 16 heavy (non-hydrogen) atoms. The maximum absolute atomic E-state index is 9.10. The lowest BCUT2D eigenvalue weighted by Gasteiger charge is -2.34. The number of nitrogens with zero attached hydrogens (tertiary/aromatic N) is 1. The Kier molecular flexibility index (Phi) is 2.14. The minimum atomic E-state index is 0.271. The van der Waals surface area contributed by atoms with Crippen LogP contribution in [0.5, 0.6) is 0 Å². The molecule has 2 nitrogen and oxygen atoms in total. The summed E-state index contributed by atoms with van der Waals surface area (Å²) in [7, 11) is 0. The van der Waals surface area contributed by atoms with Gasteiger partial charge in [-0.3, -0.25) is 0 Å². The van der Waals surface area contributed by atoms with Crippen LogP contribution in [0.4, 0.5) is 5.69 Å². The Bertz CT molecular complexity index is 450. The number of hydrogen-bond acceptors (Lipinski definition) is 2. The predicted octanol–water partition coefficient (Wildman–Crippen LogP) is 3.23. The summed E-state index contributed by atoms with van der Waals surface area (Å²) < 4.78 is 0. The Morgan fingerprint density at radius 1 is 1.19 bits per heavy atom. The van der Waals surface area contributed by atoms with Crippen LogP contribution in [0.2, 0.25) is 0 Å². The largest absolute Gasteiger partial charge is 0.378 e. The molecule has 1 spiro atoms. The summed E-state index contributed by atoms with van der Waals surface area (Å²) in [6, 6.07) is 8.36. The first-order valence-electron chi connectivity index (χ1n) is 6.13. The highest BCUT2D eigenvalue weighted by Crippen LogP contribution is 2.42. The lowest BCUT2D eigenvalue weighted by atomic mass is 9.80. The van der Waals surface area contributed by atoms with Crippen LogP contribution in [-0.2, 0) is 6.42 Å². The van der Waals surface area contributed by atoms with Gasteiger partial charge in [0.15, 0.2) is 0 Å². The van der Waals surface area contributed by atoms with Crippen molar-refractivity contribution < 1.29 is 0 Å². The summed E-state index contributed by atoms with van der Waals surface area (Å²) in [5, 5.41) is 12.7. The fraction of sp³-hybridized carbons (Fsp3) is 0.500. The maximum atomic E-state index is 9.10. The second kappa shape index (κ2) is 3.52. The third kappa shape index (κ3) is 1.39. The lowest BCUT2D eigenvalue weighted by molar-refractivity contribution is 0.333. The zero-order valence-corrected chi connectivity index (χ0v) is 9.42. The van der Waals surface area contributed by atoms with Gasteiger partial charge in [0.25, 0.3) is 0 Å². The fourth-order valence-electron chi connectivity index (χ4n) is 3.19. The molecule has 82 valence electrons. The van der Waals surface area contributed by atoms with Gasteiger partial charge in [0.2, 0.25) is 0 Å². The van der Waals surface area contributed by atoms with E-state index >= 15 is 0 Å². The standard InChI is InChI=1S/C14H16N2/c15-10-12-6-4-5-11-9-14(16-13(11)12)7-2-1-3-8-14/h4-6,16H,1-3,7-9H2. The SMILES string of the molecule is N#Cc1cccc2c1NC1(CCCCC1)C2. The summed E-state index contributed by atoms with van der Waals surface area (Å²) in [4.78, 5) is 0. The molecule has 1 N–H and O–H groups in total. The van der Waals surface area contributed by atoms with Crippen LogP contribution in [0.1, 0.15) is 43.2 Å². The van der Waals surface area contributed by atoms with Crippen LogP contribution >= 0.6 is 0 Å². The summed E-state index contributed by atoms with van der Waals surface area (Å²) in [6.45, 7) is 0. The molecule has 0 atom stereocenters. The predicted molar refractivity (Wildman–Crippen MR) is 64.3 cm³/mol. The monoisotopic (exact) mass is 212 g/mol. The molecular formula is C14H16N2. The first kappa shape index (κ1) is 9.72. The van der Waals surface area contributed by atoms with E-state index in [1.165, 1.54) is 37.7 Å². The van der Waals surface area contributed by atoms with E-state index in [9.17, 15) is 0 Å². The number of nitriles is 1. The number of nitrogens with one attached hydrogen (secondary N) is 1. The molecule has 1 heterocycles. The van der Waals surface area contributed by atoms with E-state index in [4.69, 9.17) is 5.26 Å². The smallest absolute Gasteiger partial charge is 0.101 e. The van der Waals surface area contributed by atoms with E-state index in [0.717, 1.165) is 17.7 Å². The highest BCUT2D eigenvalue weighted by atomic mass is 15.0. The van der Waals surface area contributed by atoms with Crippen LogP contribution in [-0.4, -0.2) is 5.54 Å². The van der Waals surface area contributed by atoms with Gasteiger partial charge in [0, 0.05) is 5.54 Å². The van der Waals surface area contributed by atoms with E-state index in [0.29, 0.717) is 0 Å². The van der Waals surface area contributed by atoms with Gasteiger partial charge in [0.1, 0.15) is 6.07 Å². The van der Waals surface area contributed by atoms with Gasteiger partial charge >= 0.3 is 0 Å². The minimum Gasteiger partial charge on any atom is -0.378 e. The zero-order chi connectivity index (χ0) is 11.0. The van der Waals surface area contributed by atoms with Gasteiger partial charge in [0.05, 0.1) is 11.3 Å². The third-order valence-electron chi connectivity index (χ3n) is 4.00. The van der Waals surface area contributed by atoms with E-state index in [2.05, 4.69) is 17.5 Å². The Hall–Kier alpha value is -1.49. The lowest BCUT2D eigenvalue weighted by Crippen LogP contribution is -2.38. The van der Waals surface area contributed by atoms with Crippen molar-refractivity contribution in [2.24, 2.45) is 0 Å². The Morgan fingerprint density at radius 3 is 2.75 bits per heavy atom. The van der Waals surface area contributed by atoms with Crippen molar-refractivity contribution in [3.8, 4) is 6.07 Å². The van der Waals surface area contributed by atoms with Crippen molar-refractivity contribution in [3.05, 3.63) is 29.3 Å². The van der Waals surface area contributed by atoms with Crippen molar-refractivity contribution >= 4 is 5.69 Å². The van der Waals surface area contributed by atoms with Crippen LogP contribution in [0, 0.1) is 11.3 Å². The molecule has 3 rings (SSSR count). The highest BCUT2D eigenvalue weighted by Gasteiger charge is 2.38. The number of hydrogen-bond donors (Lipinski definition) is 1. The molecule has 0 saturated heterocycles. The molecule has 1 saturated carbocycles. The number of fused-ring (bicyclic) bond motifs is 1. The molecule has 0 bridgehead atoms. The van der Waals surface area contributed by atoms with Gasteiger partial charge in [-0.1, -0.05) is 31.4 Å². The van der Waals surface area contributed by atoms with Gasteiger partial charge < -0.3 is 5.32 Å². The molecule has 2 aliphatic rings. The van der Waals surface area contributed by atoms with E-state index in [-0.39, 0.29) is 5.54 Å². The van der Waals surface area contributed by atoms with Crippen LogP contribution in [0.3, 0.4) is 0 Å². The van der Waals surface area contributed by atoms with Crippen molar-refractivity contribution in [2.45, 2.75) is 44.1 Å². The average Bonchev–Trinajstić information content (AvgIpc) is 2.67. The van der Waals surface area contributed by atoms with E-state index in [1.54, 1.807) is 0 Å². The zero-order valence-electron chi connectivity index (χ0n) is 9.42. The Morgan fingerprint density at radius 2 is 2.00 bits per heavy atom. The summed E-state index contributed by atoms with van der Waals surface area (Å²) in [6.07, 6.45) is 7.63. The second-order valence-electron chi connectivity index (χ2n) is 5.09. The summed E-state index contributed by atoms with van der Waals surface area (Å²) in [5.74, 6) is 0. The first-order chi connectivity index (χ1) is 7.83. The van der Waals surface area contributed by atoms with Gasteiger partial charge in [-0.05, 0) is 30.9 Å². The van der Waals surface area contributed by atoms with Crippen LogP contribution in [0.15, 0.2) is 18.2 Å². The fourth-order valence-corrected chi connectivity index (χ4v) is 3.19. The van der Waals surface area contributed by atoms with Crippen molar-refractivity contribution in [3.63, 3.8) is 0 Å². The molecule has 1 aliphatic carbocycles. The first-order valence-corrected chi connectivity index (χ1v) is 6.13. The molecule has 1 aromatic carbocycles. The number of anilines is 1. The molecule has 0 radical (unpaired) electrons. The number of benzene rings is 1. The summed E-state index contributed by atoms with van der Waals surface area (Å²) in [5.41, 5.74) is 3.51. The number of para-hydroxylation sites is 1. The van der Waals surface area contributed by atoms with Crippen molar-refractivity contribution in [1.29, 1.82) is 5.26 Å². The van der Waals surface area contributed by atoms with E-state index < -0.39 is 0 Å². The topological polar surface area (TPSA) is 35.8 Å². The molecule has 0 aromatic heterocycles. The molecule has 0 amide bonds. The van der Waals surface area contributed by atoms with Crippen molar-refractivity contribution in [1.82, 2.24) is 0 Å². The average molecular weight is 212 g/mol. The molecule has 2 heteroatoms. The highest BCUT2D eigenvalue weighted by molar-refractivity contribution is 5.67. The molecule has 1 aliphatic heterocycles. The van der Waals surface area contributed by atoms with Gasteiger partial charge in [-0.2, -0.15) is 5.26 Å². The maximum Gasteiger partial charge on any atom is 0.101 e. The second-order valence-corrected chi connectivity index (χ2v) is 5.09. The molecule has 1 aromatic rings. The molecular weight excluding hydrogens is 196 g/mol. The molecule has 1 fully saturated rings. The van der Waals surface area contributed by atoms with Crippen LogP contribution in [0.25, 0.3) is 0 Å². The third-order valence-corrected chi connectivity index (χ3v) is 4.00. The Labute approximate surface area is 96.3 Å². The Balaban J connectivity index is 1.97. The quantitative estimate of drug-likeness (QED) is 0.716. The van der Waals surface area contributed by atoms with Gasteiger partial charge in [-0.15, -0.1) is 0 Å². The van der Waals surface area contributed by atoms with Gasteiger partial charge in [-0.25, -0.2) is 0 Å². The normalized spacial score (nSPS) is 21.2. The minimum absolute atomic E-state index is 0.271. The summed E-state index contributed by atoms with van der Waals surface area (Å²) >= 11 is 0. The van der Waals surface area contributed by atoms with Crippen molar-refractivity contribution in [2.75, 3.05) is 5.32 Å². The number of rotatable bonds is 0. The molecule has 0 unspecified atom stereocenters. The van der Waals surface area contributed by atoms with E-state index in [1.807, 2.05) is 12.1 Å². The van der Waals surface area contributed by atoms with Crippen LogP contribution < -0.4 is 5.32 Å².